The number of nitrogens with zero attached hydrogens (tertiary/aromatic N) is 2. The molecule has 3 aromatic carbocycles. The van der Waals surface area contributed by atoms with Crippen molar-refractivity contribution in [1.29, 1.82) is 0 Å². The number of para-hydroxylation sites is 1. The first kappa shape index (κ1) is 29.9. The Hall–Kier alpha value is -5.16. The number of fused-ring (bicyclic) bond motifs is 2. The Morgan fingerprint density at radius 3 is 2.60 bits per heavy atom. The third kappa shape index (κ3) is 5.99. The average molecular weight is 627 g/mol. The molecule has 0 radical (unpaired) electrons. The molecule has 2 aliphatic rings. The van der Waals surface area contributed by atoms with Crippen molar-refractivity contribution < 1.29 is 33.6 Å². The van der Waals surface area contributed by atoms with Gasteiger partial charge in [-0.1, -0.05) is 61.1 Å². The Bertz CT molecular complexity index is 1990. The standard InChI is InChI=1S/C34H30N2O8S/c1-3-7-24-29(33(40)41-4-2)30(23-14-15-26-27(16-23)44-19-43-26)36-31(37)28(45-34(36)35-24)17-22-8-5-6-9-25(22)42-18-20-10-12-21(13-11-20)32(38)39/h5-6,8-17,30H,3-4,7,18-19H2,1-2H3,(H,38,39)/b28-17-/t30-/m0/s1. The highest BCUT2D eigenvalue weighted by atomic mass is 32.1. The van der Waals surface area contributed by atoms with Crippen molar-refractivity contribution in [3.63, 3.8) is 0 Å². The molecule has 4 aromatic rings. The van der Waals surface area contributed by atoms with Gasteiger partial charge in [-0.25, -0.2) is 14.6 Å². The van der Waals surface area contributed by atoms with Crippen molar-refractivity contribution in [3.05, 3.63) is 120 Å². The number of aromatic nitrogens is 1. The largest absolute Gasteiger partial charge is 0.488 e. The van der Waals surface area contributed by atoms with Gasteiger partial charge in [-0.15, -0.1) is 0 Å². The number of thiazole rings is 1. The predicted octanol–water partition coefficient (Wildman–Crippen LogP) is 4.58. The van der Waals surface area contributed by atoms with Crippen molar-refractivity contribution in [2.75, 3.05) is 13.4 Å². The fraction of sp³-hybridized carbons (Fsp3) is 0.235. The van der Waals surface area contributed by atoms with Crippen molar-refractivity contribution in [3.8, 4) is 17.2 Å². The molecule has 11 heteroatoms. The number of benzene rings is 3. The highest BCUT2D eigenvalue weighted by molar-refractivity contribution is 7.07. The van der Waals surface area contributed by atoms with Crippen molar-refractivity contribution in [1.82, 2.24) is 4.57 Å². The molecular weight excluding hydrogens is 596 g/mol. The Kier molecular flexibility index (Phi) is 8.52. The molecule has 0 aliphatic carbocycles. The Balaban J connectivity index is 1.43. The first-order chi connectivity index (χ1) is 21.9. The van der Waals surface area contributed by atoms with E-state index in [0.29, 0.717) is 55.4 Å². The molecule has 1 atom stereocenters. The van der Waals surface area contributed by atoms with E-state index >= 15 is 0 Å². The zero-order valence-corrected chi connectivity index (χ0v) is 25.5. The fourth-order valence-electron chi connectivity index (χ4n) is 5.30. The third-order valence-electron chi connectivity index (χ3n) is 7.41. The van der Waals surface area contributed by atoms with Crippen LogP contribution in [0.4, 0.5) is 0 Å². The number of carbonyl (C=O) groups excluding carboxylic acids is 1. The van der Waals surface area contributed by atoms with E-state index in [9.17, 15) is 14.4 Å². The minimum absolute atomic E-state index is 0.0956. The van der Waals surface area contributed by atoms with Gasteiger partial charge in [0.1, 0.15) is 12.4 Å². The normalized spacial score (nSPS) is 15.4. The summed E-state index contributed by atoms with van der Waals surface area (Å²) in [5, 5.41) is 9.16. The van der Waals surface area contributed by atoms with Gasteiger partial charge < -0.3 is 24.1 Å². The van der Waals surface area contributed by atoms with Crippen molar-refractivity contribution in [2.24, 2.45) is 4.99 Å². The van der Waals surface area contributed by atoms with Gasteiger partial charge in [0.25, 0.3) is 5.56 Å². The molecule has 230 valence electrons. The van der Waals surface area contributed by atoms with Crippen LogP contribution in [0.5, 0.6) is 17.2 Å². The number of carbonyl (C=O) groups is 2. The summed E-state index contributed by atoms with van der Waals surface area (Å²) in [6.45, 7) is 4.24. The third-order valence-corrected chi connectivity index (χ3v) is 8.39. The van der Waals surface area contributed by atoms with Crippen LogP contribution in [-0.2, 0) is 16.1 Å². The summed E-state index contributed by atoms with van der Waals surface area (Å²) in [6.07, 6.45) is 3.04. The lowest BCUT2D eigenvalue weighted by molar-refractivity contribution is -0.139. The number of ether oxygens (including phenoxy) is 4. The van der Waals surface area contributed by atoms with Crippen LogP contribution in [0.25, 0.3) is 6.08 Å². The summed E-state index contributed by atoms with van der Waals surface area (Å²) in [4.78, 5) is 44.1. The summed E-state index contributed by atoms with van der Waals surface area (Å²) in [6, 6.07) is 18.4. The van der Waals surface area contributed by atoms with Gasteiger partial charge in [0.15, 0.2) is 16.3 Å². The lowest BCUT2D eigenvalue weighted by Crippen LogP contribution is -2.40. The predicted molar refractivity (Wildman–Crippen MR) is 166 cm³/mol. The zero-order chi connectivity index (χ0) is 31.5. The smallest absolute Gasteiger partial charge is 0.338 e. The molecule has 3 heterocycles. The van der Waals surface area contributed by atoms with E-state index in [1.54, 1.807) is 41.8 Å². The summed E-state index contributed by atoms with van der Waals surface area (Å²) >= 11 is 1.24. The summed E-state index contributed by atoms with van der Waals surface area (Å²) in [5.41, 5.74) is 2.96. The second-order valence-electron chi connectivity index (χ2n) is 10.4. The zero-order valence-electron chi connectivity index (χ0n) is 24.6. The molecule has 2 aliphatic heterocycles. The summed E-state index contributed by atoms with van der Waals surface area (Å²) in [7, 11) is 0. The van der Waals surface area contributed by atoms with Crippen LogP contribution >= 0.6 is 11.3 Å². The van der Waals surface area contributed by atoms with E-state index in [4.69, 9.17) is 29.0 Å². The van der Waals surface area contributed by atoms with E-state index in [1.165, 1.54) is 23.5 Å². The highest BCUT2D eigenvalue weighted by Gasteiger charge is 2.35. The van der Waals surface area contributed by atoms with E-state index in [2.05, 4.69) is 0 Å². The van der Waals surface area contributed by atoms with E-state index in [0.717, 1.165) is 12.0 Å². The monoisotopic (exact) mass is 626 g/mol. The lowest BCUT2D eigenvalue weighted by atomic mass is 9.94. The van der Waals surface area contributed by atoms with E-state index in [1.807, 2.05) is 37.3 Å². The molecule has 0 saturated heterocycles. The number of hydrogen-bond donors (Lipinski definition) is 1. The van der Waals surface area contributed by atoms with E-state index < -0.39 is 18.0 Å². The lowest BCUT2D eigenvalue weighted by Gasteiger charge is -2.25. The van der Waals surface area contributed by atoms with Gasteiger partial charge in [-0.2, -0.15) is 0 Å². The van der Waals surface area contributed by atoms with Crippen LogP contribution in [0, 0.1) is 0 Å². The van der Waals surface area contributed by atoms with Crippen LogP contribution in [0.15, 0.2) is 87.8 Å². The van der Waals surface area contributed by atoms with Gasteiger partial charge >= 0.3 is 11.9 Å². The van der Waals surface area contributed by atoms with Crippen molar-refractivity contribution in [2.45, 2.75) is 39.3 Å². The number of rotatable bonds is 10. The molecule has 6 rings (SSSR count). The number of carboxylic acid groups (broad SMARTS) is 1. The maximum Gasteiger partial charge on any atom is 0.338 e. The minimum atomic E-state index is -0.994. The number of hydrogen-bond acceptors (Lipinski definition) is 9. The van der Waals surface area contributed by atoms with E-state index in [-0.39, 0.29) is 31.1 Å². The van der Waals surface area contributed by atoms with Gasteiger partial charge in [0, 0.05) is 5.56 Å². The second kappa shape index (κ2) is 12.8. The Morgan fingerprint density at radius 2 is 1.84 bits per heavy atom. The van der Waals surface area contributed by atoms with Gasteiger partial charge in [-0.3, -0.25) is 9.36 Å². The number of aromatic carboxylic acids is 1. The van der Waals surface area contributed by atoms with Gasteiger partial charge in [-0.05, 0) is 60.9 Å². The molecule has 1 aromatic heterocycles. The molecule has 0 unspecified atom stereocenters. The Labute approximate surface area is 262 Å². The van der Waals surface area contributed by atoms with Crippen LogP contribution in [0.2, 0.25) is 0 Å². The molecule has 10 nitrogen and oxygen atoms in total. The summed E-state index contributed by atoms with van der Waals surface area (Å²) in [5.74, 6) is 0.173. The molecule has 1 N–H and O–H groups in total. The molecule has 0 bridgehead atoms. The molecule has 0 saturated carbocycles. The Morgan fingerprint density at radius 1 is 1.07 bits per heavy atom. The molecule has 0 fully saturated rings. The first-order valence-corrected chi connectivity index (χ1v) is 15.3. The van der Waals surface area contributed by atoms with Crippen LogP contribution in [0.3, 0.4) is 0 Å². The van der Waals surface area contributed by atoms with Gasteiger partial charge in [0.2, 0.25) is 6.79 Å². The average Bonchev–Trinajstić information content (AvgIpc) is 3.64. The second-order valence-corrected chi connectivity index (χ2v) is 11.4. The van der Waals surface area contributed by atoms with Crippen LogP contribution in [-0.4, -0.2) is 35.0 Å². The molecule has 0 amide bonds. The topological polar surface area (TPSA) is 126 Å². The first-order valence-electron chi connectivity index (χ1n) is 14.5. The maximum atomic E-state index is 14.2. The van der Waals surface area contributed by atoms with Crippen LogP contribution < -0.4 is 29.1 Å². The van der Waals surface area contributed by atoms with Crippen molar-refractivity contribution >= 4 is 29.4 Å². The quantitative estimate of drug-likeness (QED) is 0.254. The SMILES string of the molecule is CCCC1=C(C(=O)OCC)[C@H](c2ccc3c(c2)OCO3)n2c(s/c(=C\c3ccccc3OCc3ccc(C(=O)O)cc3)c2=O)=N1. The molecule has 45 heavy (non-hydrogen) atoms. The molecule has 0 spiro atoms. The van der Waals surface area contributed by atoms with Gasteiger partial charge in [0.05, 0.1) is 34.0 Å². The summed E-state index contributed by atoms with van der Waals surface area (Å²) < 4.78 is 24.7. The number of allylic oxidation sites excluding steroid dienone is 1. The van der Waals surface area contributed by atoms with Crippen LogP contribution in [0.1, 0.15) is 59.8 Å². The number of esters is 1. The number of carboxylic acids is 1. The fourth-order valence-corrected chi connectivity index (χ4v) is 6.31. The molecular formula is C34H30N2O8S. The highest BCUT2D eigenvalue weighted by Crippen LogP contribution is 2.39. The minimum Gasteiger partial charge on any atom is -0.488 e. The maximum absolute atomic E-state index is 14.2.